The minimum atomic E-state index is -2.68. The summed E-state index contributed by atoms with van der Waals surface area (Å²) in [7, 11) is 2.01. The van der Waals surface area contributed by atoms with Crippen molar-refractivity contribution in [1.29, 1.82) is 0 Å². The highest BCUT2D eigenvalue weighted by Crippen LogP contribution is 2.60. The third-order valence-corrected chi connectivity index (χ3v) is 13.9. The van der Waals surface area contributed by atoms with E-state index < -0.39 is 225 Å². The molecule has 17 N–H and O–H groups in total. The topological polar surface area (TPSA) is 576 Å². The van der Waals surface area contributed by atoms with E-state index in [4.69, 9.17) is 66.3 Å². The summed E-state index contributed by atoms with van der Waals surface area (Å²) in [4.78, 5) is 74.2. The van der Waals surface area contributed by atoms with Gasteiger partial charge in [-0.3, -0.25) is 4.74 Å². The van der Waals surface area contributed by atoms with Gasteiger partial charge in [0.25, 0.3) is 5.79 Å². The van der Waals surface area contributed by atoms with Gasteiger partial charge in [-0.25, -0.2) is 28.8 Å². The van der Waals surface area contributed by atoms with Crippen molar-refractivity contribution in [3.05, 3.63) is 0 Å². The van der Waals surface area contributed by atoms with Gasteiger partial charge in [-0.05, 0) is 0 Å². The molecule has 8 rings (SSSR count). The number of aliphatic hydroxyl groups excluding tert-OH is 12. The Morgan fingerprint density at radius 3 is 1.07 bits per heavy atom. The Balaban J connectivity index is 0.936. The second-order valence-corrected chi connectivity index (χ2v) is 18.4. The summed E-state index contributed by atoms with van der Waals surface area (Å²) in [5.74, 6) is -18.3. The third kappa shape index (κ3) is 9.58. The molecule has 31 atom stereocenters. The van der Waals surface area contributed by atoms with E-state index in [1.54, 1.807) is 0 Å². The van der Waals surface area contributed by atoms with Crippen molar-refractivity contribution in [2.75, 3.05) is 14.2 Å². The van der Waals surface area contributed by atoms with Crippen LogP contribution in [0.4, 0.5) is 0 Å². The van der Waals surface area contributed by atoms with E-state index in [9.17, 15) is 116 Å². The van der Waals surface area contributed by atoms with E-state index >= 15 is 0 Å². The van der Waals surface area contributed by atoms with Gasteiger partial charge in [-0.15, -0.1) is 0 Å². The first kappa shape index (κ1) is 58.0. The Hall–Kier alpha value is -4.18. The Kier molecular flexibility index (Phi) is 16.4. The molecule has 8 aliphatic rings. The van der Waals surface area contributed by atoms with Gasteiger partial charge >= 0.3 is 35.8 Å². The fourth-order valence-electron chi connectivity index (χ4n) is 9.91. The summed E-state index contributed by atoms with van der Waals surface area (Å²) in [6, 6.07) is 0. The molecule has 0 bridgehead atoms. The first-order chi connectivity index (χ1) is 35.6. The summed E-state index contributed by atoms with van der Waals surface area (Å²) in [6.07, 6.45) is -64.8. The predicted octanol–water partition coefficient (Wildman–Crippen LogP) is -12.4. The largest absolute Gasteiger partial charge is 0.479 e. The lowest BCUT2D eigenvalue weighted by molar-refractivity contribution is -0.462. The minimum absolute atomic E-state index is 0.963. The number of ether oxygens (including phenoxy) is 14. The number of carboxylic acid groups (broad SMARTS) is 5. The van der Waals surface area contributed by atoms with E-state index in [0.29, 0.717) is 0 Å². The number of carboxylic acids is 5. The summed E-state index contributed by atoms with van der Waals surface area (Å²) >= 11 is 0. The average Bonchev–Trinajstić information content (AvgIpc) is 3.96. The van der Waals surface area contributed by atoms with Crippen LogP contribution in [0.15, 0.2) is 0 Å². The van der Waals surface area contributed by atoms with Crippen LogP contribution in [0.1, 0.15) is 0 Å². The van der Waals surface area contributed by atoms with E-state index in [2.05, 4.69) is 0 Å². The number of carbonyl (C=O) groups is 6. The summed E-state index contributed by atoms with van der Waals surface area (Å²) in [6.45, 7) is 0. The molecule has 20 unspecified atom stereocenters. The standard InChI is InChI=1S/C39H52O37/c1-63-14-5(41)9(45)34(69-19(14)27(52)53)66-16-7(43)11(47)36(71-21(16)29(56)57)68-18-8(44)12(48)37(72-22(18)30(58)59)67-17-6(42)10(46)35(70-20(17)28(54)55)65-15-4(40)3-24(50)38(3,74-23(15)31(60)61)76-39-25(51)13(49)33(64-2)73-26(39)32(62)75-39/h3-26,33-37,40-51H,1-2H3,(H,52,53)(H,54,55)(H,56,57)(H,58,59)(H,60,61)/t3?,4?,5?,6?,7?,8?,9?,10?,11?,12?,13?,14-,15-,16+,17+,18-,19?,20?,21?,22?,23?,24?,25?,26?,33-,34+,35-,36-,37+,38?,39+/m0/s1. The number of hydrogen-bond acceptors (Lipinski definition) is 32. The number of aliphatic carboxylic acids is 5. The number of methoxy groups -OCH3 is 2. The van der Waals surface area contributed by atoms with Crippen LogP contribution >= 0.6 is 0 Å². The molecule has 0 aromatic rings. The van der Waals surface area contributed by atoms with Crippen molar-refractivity contribution in [3.63, 3.8) is 0 Å². The van der Waals surface area contributed by atoms with E-state index in [0.717, 1.165) is 14.2 Å². The van der Waals surface area contributed by atoms with Crippen LogP contribution in [0, 0.1) is 5.92 Å². The maximum Gasteiger partial charge on any atom is 0.345 e. The molecule has 0 aromatic heterocycles. The molecular weight excluding hydrogens is 1060 g/mol. The van der Waals surface area contributed by atoms with Crippen molar-refractivity contribution in [2.45, 2.75) is 183 Å². The number of rotatable bonds is 17. The van der Waals surface area contributed by atoms with E-state index in [-0.39, 0.29) is 0 Å². The van der Waals surface area contributed by atoms with Gasteiger partial charge in [-0.2, -0.15) is 0 Å². The SMILES string of the molecule is CO[C@H]1OC2C(=O)O[C@@]2(OC23OC(C(=O)O)[C@@H](O[C@H]4OC(C(=O)O)[C@H](O[C@@H]5OC(C(=O)O)[C@@H](O[C@H]6OC(C(=O)O)[C@H](O[C@@H]7OC(C(=O)O)[C@@H](OC)C(O)C7O)C(O)C6O)C(O)C5O)C(O)C4O)C(O)C2C3O)C(O)C1O. The zero-order chi connectivity index (χ0) is 56.1. The minimum Gasteiger partial charge on any atom is -0.479 e. The lowest BCUT2D eigenvalue weighted by Crippen LogP contribution is -2.79. The third-order valence-electron chi connectivity index (χ3n) is 13.9. The maximum absolute atomic E-state index is 12.6. The molecule has 37 nitrogen and oxygen atoms in total. The molecule has 1 saturated carbocycles. The normalized spacial score (nSPS) is 52.0. The number of fused-ring (bicyclic) bond motifs is 2. The van der Waals surface area contributed by atoms with E-state index in [1.165, 1.54) is 0 Å². The predicted molar refractivity (Wildman–Crippen MR) is 212 cm³/mol. The molecule has 7 heterocycles. The van der Waals surface area contributed by atoms with Crippen LogP contribution in [0.2, 0.25) is 0 Å². The highest BCUT2D eigenvalue weighted by molar-refractivity contribution is 5.83. The second-order valence-electron chi connectivity index (χ2n) is 18.4. The zero-order valence-corrected chi connectivity index (χ0v) is 38.5. The van der Waals surface area contributed by atoms with Gasteiger partial charge in [0.15, 0.2) is 68.1 Å². The van der Waals surface area contributed by atoms with Crippen LogP contribution in [0.5, 0.6) is 0 Å². The molecule has 0 aromatic carbocycles. The molecule has 8 fully saturated rings. The monoisotopic (exact) mass is 1110 g/mol. The summed E-state index contributed by atoms with van der Waals surface area (Å²) in [5.41, 5.74) is 0. The second kappa shape index (κ2) is 21.5. The van der Waals surface area contributed by atoms with Crippen LogP contribution in [-0.2, 0) is 95.1 Å². The maximum atomic E-state index is 12.6. The van der Waals surface area contributed by atoms with Crippen LogP contribution in [0.25, 0.3) is 0 Å². The number of hydrogen-bond donors (Lipinski definition) is 17. The van der Waals surface area contributed by atoms with Gasteiger partial charge in [0.1, 0.15) is 91.6 Å². The number of aliphatic hydroxyl groups is 12. The van der Waals surface area contributed by atoms with Gasteiger partial charge < -0.3 is 148 Å². The zero-order valence-electron chi connectivity index (χ0n) is 38.5. The van der Waals surface area contributed by atoms with Crippen molar-refractivity contribution in [2.24, 2.45) is 5.92 Å². The highest BCUT2D eigenvalue weighted by Gasteiger charge is 2.83. The van der Waals surface area contributed by atoms with Crippen molar-refractivity contribution < 1.29 is 182 Å². The molecule has 76 heavy (non-hydrogen) atoms. The Morgan fingerprint density at radius 2 is 0.737 bits per heavy atom. The van der Waals surface area contributed by atoms with Crippen molar-refractivity contribution >= 4 is 35.8 Å². The fourth-order valence-corrected chi connectivity index (χ4v) is 9.91. The molecule has 0 amide bonds. The molecule has 0 radical (unpaired) electrons. The molecule has 0 spiro atoms. The summed E-state index contributed by atoms with van der Waals surface area (Å²) < 4.78 is 73.6. The molecule has 430 valence electrons. The average molecular weight is 1110 g/mol. The molecule has 7 aliphatic heterocycles. The van der Waals surface area contributed by atoms with Crippen LogP contribution < -0.4 is 0 Å². The lowest BCUT2D eigenvalue weighted by atomic mass is 9.89. The molecule has 37 heteroatoms. The van der Waals surface area contributed by atoms with E-state index in [1.807, 2.05) is 0 Å². The smallest absolute Gasteiger partial charge is 0.345 e. The Labute approximate surface area is 421 Å². The fraction of sp³-hybridized carbons (Fsp3) is 0.846. The quantitative estimate of drug-likeness (QED) is 0.0601. The van der Waals surface area contributed by atoms with Gasteiger partial charge in [0.2, 0.25) is 11.9 Å². The highest BCUT2D eigenvalue weighted by atomic mass is 16.9. The van der Waals surface area contributed by atoms with Crippen molar-refractivity contribution in [1.82, 2.24) is 0 Å². The summed E-state index contributed by atoms with van der Waals surface area (Å²) in [5, 5.41) is 181. The Bertz CT molecular complexity index is 2200. The van der Waals surface area contributed by atoms with Gasteiger partial charge in [0.05, 0.1) is 12.0 Å². The molecule has 1 aliphatic carbocycles. The number of carbonyl (C=O) groups excluding carboxylic acids is 1. The lowest BCUT2D eigenvalue weighted by Gasteiger charge is -2.55. The Morgan fingerprint density at radius 1 is 0.395 bits per heavy atom. The first-order valence-corrected chi connectivity index (χ1v) is 22.4. The van der Waals surface area contributed by atoms with Crippen molar-refractivity contribution in [3.8, 4) is 0 Å². The number of esters is 1. The van der Waals surface area contributed by atoms with Crippen LogP contribution in [-0.4, -0.2) is 320 Å². The first-order valence-electron chi connectivity index (χ1n) is 22.4. The van der Waals surface area contributed by atoms with Crippen LogP contribution in [0.3, 0.4) is 0 Å². The van der Waals surface area contributed by atoms with Gasteiger partial charge in [0, 0.05) is 14.2 Å². The molecule has 7 saturated heterocycles. The molecular formula is C39H52O37. The van der Waals surface area contributed by atoms with Gasteiger partial charge in [-0.1, -0.05) is 0 Å².